The zero-order valence-electron chi connectivity index (χ0n) is 9.33. The second-order valence-corrected chi connectivity index (χ2v) is 4.20. The van der Waals surface area contributed by atoms with Gasteiger partial charge in [0.25, 0.3) is 0 Å². The summed E-state index contributed by atoms with van der Waals surface area (Å²) in [6.45, 7) is 0. The normalized spacial score (nSPS) is 17.5. The predicted molar refractivity (Wildman–Crippen MR) is 59.2 cm³/mol. The van der Waals surface area contributed by atoms with Crippen molar-refractivity contribution in [3.63, 3.8) is 0 Å². The third kappa shape index (κ3) is 2.23. The van der Waals surface area contributed by atoms with Crippen LogP contribution in [0, 0.1) is 5.82 Å². The largest absolute Gasteiger partial charge is 0.497 e. The minimum absolute atomic E-state index is 0.184. The van der Waals surface area contributed by atoms with Gasteiger partial charge in [-0.15, -0.1) is 0 Å². The maximum atomic E-state index is 13.8. The molecule has 0 amide bonds. The van der Waals surface area contributed by atoms with E-state index in [-0.39, 0.29) is 11.7 Å². The van der Waals surface area contributed by atoms with Crippen LogP contribution < -0.4 is 4.74 Å². The second-order valence-electron chi connectivity index (χ2n) is 4.20. The molecule has 3 heteroatoms. The Hall–Kier alpha value is -1.38. The summed E-state index contributed by atoms with van der Waals surface area (Å²) in [5.41, 5.74) is 0.716. The van der Waals surface area contributed by atoms with Gasteiger partial charge in [0.1, 0.15) is 17.3 Å². The van der Waals surface area contributed by atoms with E-state index in [1.165, 1.54) is 13.2 Å². The van der Waals surface area contributed by atoms with Crippen LogP contribution in [-0.2, 0) is 4.79 Å². The van der Waals surface area contributed by atoms with Crippen LogP contribution in [-0.4, -0.2) is 12.9 Å². The Morgan fingerprint density at radius 2 is 2.00 bits per heavy atom. The number of benzene rings is 1. The summed E-state index contributed by atoms with van der Waals surface area (Å²) in [6.07, 6.45) is 2.69. The highest BCUT2D eigenvalue weighted by Gasteiger charge is 2.22. The summed E-state index contributed by atoms with van der Waals surface area (Å²) in [7, 11) is 1.52. The second kappa shape index (κ2) is 4.64. The lowest BCUT2D eigenvalue weighted by Crippen LogP contribution is -2.13. The van der Waals surface area contributed by atoms with Gasteiger partial charge in [-0.1, -0.05) is 6.07 Å². The Labute approximate surface area is 94.4 Å². The monoisotopic (exact) mass is 222 g/mol. The molecule has 1 aromatic carbocycles. The van der Waals surface area contributed by atoms with E-state index in [0.29, 0.717) is 29.9 Å². The summed E-state index contributed by atoms with van der Waals surface area (Å²) < 4.78 is 18.7. The first-order chi connectivity index (χ1) is 7.70. The Morgan fingerprint density at radius 1 is 1.31 bits per heavy atom. The van der Waals surface area contributed by atoms with Crippen molar-refractivity contribution in [3.8, 4) is 5.75 Å². The molecule has 2 nitrogen and oxygen atoms in total. The molecule has 0 heterocycles. The average Bonchev–Trinajstić information content (AvgIpc) is 2.30. The summed E-state index contributed by atoms with van der Waals surface area (Å²) in [5.74, 6) is 0.792. The average molecular weight is 222 g/mol. The number of carbonyl (C=O) groups excluding carboxylic acids is 1. The van der Waals surface area contributed by atoms with Gasteiger partial charge in [0, 0.05) is 18.9 Å². The molecular weight excluding hydrogens is 207 g/mol. The van der Waals surface area contributed by atoms with Crippen LogP contribution in [0.5, 0.6) is 5.75 Å². The molecule has 0 N–H and O–H groups in total. The van der Waals surface area contributed by atoms with Crippen molar-refractivity contribution in [2.75, 3.05) is 7.11 Å². The number of Topliss-reactive ketones (excluding diaryl/α,β-unsaturated/α-hetero) is 1. The summed E-state index contributed by atoms with van der Waals surface area (Å²) in [5, 5.41) is 0. The molecule has 1 fully saturated rings. The topological polar surface area (TPSA) is 26.3 Å². The first-order valence-electron chi connectivity index (χ1n) is 5.56. The van der Waals surface area contributed by atoms with Crippen molar-refractivity contribution >= 4 is 5.78 Å². The lowest BCUT2D eigenvalue weighted by atomic mass is 9.83. The highest BCUT2D eigenvalue weighted by molar-refractivity contribution is 5.79. The van der Waals surface area contributed by atoms with Gasteiger partial charge in [0.15, 0.2) is 0 Å². The molecule has 1 saturated carbocycles. The lowest BCUT2D eigenvalue weighted by Gasteiger charge is -2.21. The van der Waals surface area contributed by atoms with Crippen molar-refractivity contribution in [2.45, 2.75) is 31.6 Å². The number of carbonyl (C=O) groups is 1. The number of hydrogen-bond donors (Lipinski definition) is 0. The Morgan fingerprint density at radius 3 is 2.56 bits per heavy atom. The van der Waals surface area contributed by atoms with E-state index in [1.807, 2.05) is 0 Å². The first-order valence-corrected chi connectivity index (χ1v) is 5.56. The van der Waals surface area contributed by atoms with Gasteiger partial charge in [-0.25, -0.2) is 4.39 Å². The number of hydrogen-bond acceptors (Lipinski definition) is 2. The third-order valence-electron chi connectivity index (χ3n) is 3.19. The van der Waals surface area contributed by atoms with Gasteiger partial charge in [-0.05, 0) is 30.4 Å². The highest BCUT2D eigenvalue weighted by atomic mass is 19.1. The first kappa shape index (κ1) is 11.1. The highest BCUT2D eigenvalue weighted by Crippen LogP contribution is 2.33. The molecule has 0 radical (unpaired) electrons. The van der Waals surface area contributed by atoms with E-state index in [9.17, 15) is 9.18 Å². The fourth-order valence-electron chi connectivity index (χ4n) is 2.22. The SMILES string of the molecule is COc1ccc(C2CCC(=O)CC2)c(F)c1. The zero-order valence-corrected chi connectivity index (χ0v) is 9.33. The van der Waals surface area contributed by atoms with Gasteiger partial charge in [0.05, 0.1) is 7.11 Å². The van der Waals surface area contributed by atoms with Gasteiger partial charge >= 0.3 is 0 Å². The van der Waals surface area contributed by atoms with E-state index in [0.717, 1.165) is 12.8 Å². The van der Waals surface area contributed by atoms with Crippen LogP contribution in [0.15, 0.2) is 18.2 Å². The number of methoxy groups -OCH3 is 1. The van der Waals surface area contributed by atoms with E-state index < -0.39 is 0 Å². The third-order valence-corrected chi connectivity index (χ3v) is 3.19. The van der Waals surface area contributed by atoms with Crippen molar-refractivity contribution in [1.29, 1.82) is 0 Å². The molecule has 86 valence electrons. The molecule has 2 rings (SSSR count). The Bertz CT molecular complexity index is 391. The molecule has 0 bridgehead atoms. The van der Waals surface area contributed by atoms with Gasteiger partial charge in [-0.2, -0.15) is 0 Å². The van der Waals surface area contributed by atoms with Crippen molar-refractivity contribution in [2.24, 2.45) is 0 Å². The molecule has 0 unspecified atom stereocenters. The van der Waals surface area contributed by atoms with Crippen LogP contribution in [0.2, 0.25) is 0 Å². The molecule has 1 aliphatic rings. The molecule has 0 atom stereocenters. The number of ether oxygens (including phenoxy) is 1. The maximum Gasteiger partial charge on any atom is 0.132 e. The molecule has 0 aliphatic heterocycles. The molecule has 1 aromatic rings. The van der Waals surface area contributed by atoms with E-state index in [4.69, 9.17) is 4.74 Å². The van der Waals surface area contributed by atoms with Gasteiger partial charge in [-0.3, -0.25) is 4.79 Å². The number of rotatable bonds is 2. The summed E-state index contributed by atoms with van der Waals surface area (Å²) >= 11 is 0. The Kier molecular flexibility index (Phi) is 3.22. The lowest BCUT2D eigenvalue weighted by molar-refractivity contribution is -0.120. The van der Waals surface area contributed by atoms with Crippen LogP contribution in [0.25, 0.3) is 0 Å². The van der Waals surface area contributed by atoms with Crippen molar-refractivity contribution < 1.29 is 13.9 Å². The van der Waals surface area contributed by atoms with E-state index in [1.54, 1.807) is 12.1 Å². The van der Waals surface area contributed by atoms with Crippen LogP contribution in [0.1, 0.15) is 37.2 Å². The van der Waals surface area contributed by atoms with Crippen molar-refractivity contribution in [1.82, 2.24) is 0 Å². The predicted octanol–water partition coefficient (Wildman–Crippen LogP) is 3.06. The minimum atomic E-state index is -0.223. The van der Waals surface area contributed by atoms with Crippen LogP contribution in [0.4, 0.5) is 4.39 Å². The maximum absolute atomic E-state index is 13.8. The fourth-order valence-corrected chi connectivity index (χ4v) is 2.22. The molecule has 16 heavy (non-hydrogen) atoms. The zero-order chi connectivity index (χ0) is 11.5. The molecule has 0 spiro atoms. The quantitative estimate of drug-likeness (QED) is 0.768. The molecule has 1 aliphatic carbocycles. The number of halogens is 1. The van der Waals surface area contributed by atoms with Crippen LogP contribution in [0.3, 0.4) is 0 Å². The van der Waals surface area contributed by atoms with E-state index >= 15 is 0 Å². The van der Waals surface area contributed by atoms with Crippen LogP contribution >= 0.6 is 0 Å². The van der Waals surface area contributed by atoms with Crippen molar-refractivity contribution in [3.05, 3.63) is 29.6 Å². The fraction of sp³-hybridized carbons (Fsp3) is 0.462. The molecule has 0 saturated heterocycles. The van der Waals surface area contributed by atoms with E-state index in [2.05, 4.69) is 0 Å². The summed E-state index contributed by atoms with van der Waals surface area (Å²) in [6, 6.07) is 4.95. The molecule has 0 aromatic heterocycles. The molecular formula is C13H15FO2. The number of ketones is 1. The van der Waals surface area contributed by atoms with Gasteiger partial charge < -0.3 is 4.74 Å². The minimum Gasteiger partial charge on any atom is -0.497 e. The Balaban J connectivity index is 2.17. The smallest absolute Gasteiger partial charge is 0.132 e. The van der Waals surface area contributed by atoms with Gasteiger partial charge in [0.2, 0.25) is 0 Å². The summed E-state index contributed by atoms with van der Waals surface area (Å²) in [4.78, 5) is 11.1. The standard InChI is InChI=1S/C13H15FO2/c1-16-11-6-7-12(13(14)8-11)9-2-4-10(15)5-3-9/h6-9H,2-5H2,1H3.